The molecule has 1 rings (SSSR count). The average molecular weight is 226 g/mol. The Balaban J connectivity index is 2.62. The Hall–Kier alpha value is -1.11. The van der Waals surface area contributed by atoms with Gasteiger partial charge < -0.3 is 5.73 Å². The van der Waals surface area contributed by atoms with Crippen LogP contribution in [0.2, 0.25) is 0 Å². The number of nitrogen functional groups attached to an aromatic ring is 1. The molecule has 0 atom stereocenters. The van der Waals surface area contributed by atoms with Gasteiger partial charge in [0, 0.05) is 18.1 Å². The first-order valence-corrected chi connectivity index (χ1v) is 5.68. The lowest BCUT2D eigenvalue weighted by molar-refractivity contribution is 0.0948. The highest BCUT2D eigenvalue weighted by molar-refractivity contribution is 7.98. The van der Waals surface area contributed by atoms with Crippen molar-refractivity contribution in [2.75, 3.05) is 12.3 Å². The summed E-state index contributed by atoms with van der Waals surface area (Å²) in [6.45, 7) is 0.646. The molecule has 6 heteroatoms. The van der Waals surface area contributed by atoms with Crippen molar-refractivity contribution >= 4 is 17.7 Å². The van der Waals surface area contributed by atoms with Crippen LogP contribution in [0.1, 0.15) is 16.2 Å². The Kier molecular flexibility index (Phi) is 5.09. The normalized spacial score (nSPS) is 10.0. The number of carbonyl (C=O) groups is 1. The summed E-state index contributed by atoms with van der Waals surface area (Å²) in [5, 5.41) is 0. The molecule has 0 aliphatic heterocycles. The number of pyridine rings is 1. The van der Waals surface area contributed by atoms with Gasteiger partial charge in [-0.1, -0.05) is 6.07 Å². The largest absolute Gasteiger partial charge is 0.330 e. The molecule has 1 aromatic heterocycles. The molecule has 0 aliphatic carbocycles. The maximum Gasteiger partial charge on any atom is 0.283 e. The van der Waals surface area contributed by atoms with E-state index in [0.717, 1.165) is 17.2 Å². The quantitative estimate of drug-likeness (QED) is 0.281. The smallest absolute Gasteiger partial charge is 0.283 e. The molecule has 0 spiro atoms. The molecule has 5 nitrogen and oxygen atoms in total. The number of hydrogen-bond acceptors (Lipinski definition) is 5. The zero-order chi connectivity index (χ0) is 11.1. The van der Waals surface area contributed by atoms with Crippen LogP contribution in [0, 0.1) is 0 Å². The van der Waals surface area contributed by atoms with E-state index in [2.05, 4.69) is 4.98 Å². The lowest BCUT2D eigenvalue weighted by atomic mass is 10.3. The fraction of sp³-hybridized carbons (Fsp3) is 0.333. The lowest BCUT2D eigenvalue weighted by Gasteiger charge is -2.02. The molecule has 0 unspecified atom stereocenters. The zero-order valence-corrected chi connectivity index (χ0v) is 9.09. The summed E-state index contributed by atoms with van der Waals surface area (Å²) >= 11 is 1.68. The van der Waals surface area contributed by atoms with Crippen molar-refractivity contribution in [2.45, 2.75) is 5.75 Å². The highest BCUT2D eigenvalue weighted by Gasteiger charge is 2.05. The number of amides is 1. The molecule has 0 fully saturated rings. The maximum absolute atomic E-state index is 11.2. The van der Waals surface area contributed by atoms with Gasteiger partial charge in [-0.15, -0.1) is 0 Å². The van der Waals surface area contributed by atoms with Gasteiger partial charge in [-0.3, -0.25) is 10.2 Å². The predicted octanol–water partition coefficient (Wildman–Crippen LogP) is -0.123. The van der Waals surface area contributed by atoms with E-state index in [1.54, 1.807) is 23.9 Å². The molecule has 1 aromatic rings. The molecule has 0 saturated heterocycles. The minimum Gasteiger partial charge on any atom is -0.330 e. The molecule has 0 aliphatic rings. The summed E-state index contributed by atoms with van der Waals surface area (Å²) in [4.78, 5) is 15.3. The number of nitrogens with one attached hydrogen (secondary N) is 1. The van der Waals surface area contributed by atoms with Crippen LogP contribution in [-0.2, 0) is 5.75 Å². The van der Waals surface area contributed by atoms with Crippen molar-refractivity contribution < 1.29 is 4.79 Å². The van der Waals surface area contributed by atoms with Crippen LogP contribution in [0.3, 0.4) is 0 Å². The fourth-order valence-corrected chi connectivity index (χ4v) is 1.70. The van der Waals surface area contributed by atoms with E-state index in [9.17, 15) is 4.79 Å². The number of aromatic nitrogens is 1. The van der Waals surface area contributed by atoms with E-state index in [1.807, 2.05) is 11.5 Å². The Morgan fingerprint density at radius 3 is 3.00 bits per heavy atom. The van der Waals surface area contributed by atoms with Crippen LogP contribution in [0.5, 0.6) is 0 Å². The molecule has 15 heavy (non-hydrogen) atoms. The first kappa shape index (κ1) is 12.0. The summed E-state index contributed by atoms with van der Waals surface area (Å²) in [5.74, 6) is 6.28. The molecule has 0 saturated carbocycles. The number of hydrogen-bond donors (Lipinski definition) is 3. The van der Waals surface area contributed by atoms with Crippen LogP contribution >= 0.6 is 11.8 Å². The van der Waals surface area contributed by atoms with E-state index in [1.165, 1.54) is 0 Å². The fourth-order valence-electron chi connectivity index (χ4n) is 1.02. The van der Waals surface area contributed by atoms with Gasteiger partial charge in [-0.05, 0) is 12.1 Å². The van der Waals surface area contributed by atoms with Gasteiger partial charge in [0.25, 0.3) is 5.91 Å². The second-order valence-electron chi connectivity index (χ2n) is 2.83. The number of carbonyl (C=O) groups excluding carboxylic acids is 1. The van der Waals surface area contributed by atoms with Crippen LogP contribution in [0.25, 0.3) is 0 Å². The van der Waals surface area contributed by atoms with E-state index in [4.69, 9.17) is 11.6 Å². The summed E-state index contributed by atoms with van der Waals surface area (Å²) in [5.41, 5.74) is 8.61. The summed E-state index contributed by atoms with van der Waals surface area (Å²) in [7, 11) is 0. The molecule has 0 aromatic carbocycles. The summed E-state index contributed by atoms with van der Waals surface area (Å²) < 4.78 is 0. The molecule has 1 amide bonds. The van der Waals surface area contributed by atoms with E-state index < -0.39 is 0 Å². The van der Waals surface area contributed by atoms with E-state index in [0.29, 0.717) is 12.2 Å². The molecule has 82 valence electrons. The van der Waals surface area contributed by atoms with Crippen molar-refractivity contribution in [3.8, 4) is 0 Å². The first-order valence-electron chi connectivity index (χ1n) is 4.52. The Labute approximate surface area is 92.6 Å². The van der Waals surface area contributed by atoms with Crippen LogP contribution in [0.4, 0.5) is 0 Å². The van der Waals surface area contributed by atoms with Crippen LogP contribution in [0.15, 0.2) is 18.2 Å². The van der Waals surface area contributed by atoms with Gasteiger partial charge in [-0.25, -0.2) is 10.8 Å². The second kappa shape index (κ2) is 6.39. The average Bonchev–Trinajstić information content (AvgIpc) is 2.29. The SMILES string of the molecule is NCCSCc1cccc(C(=O)NN)n1. The number of nitrogens with zero attached hydrogens (tertiary/aromatic N) is 1. The topological polar surface area (TPSA) is 94.0 Å². The second-order valence-corrected chi connectivity index (χ2v) is 3.93. The third-order valence-electron chi connectivity index (χ3n) is 1.68. The monoisotopic (exact) mass is 226 g/mol. The number of hydrazine groups is 1. The van der Waals surface area contributed by atoms with Gasteiger partial charge in [-0.2, -0.15) is 11.8 Å². The number of rotatable bonds is 5. The molecular formula is C9H14N4OS. The highest BCUT2D eigenvalue weighted by atomic mass is 32.2. The van der Waals surface area contributed by atoms with Crippen molar-refractivity contribution in [3.05, 3.63) is 29.6 Å². The van der Waals surface area contributed by atoms with E-state index in [-0.39, 0.29) is 5.91 Å². The minimum absolute atomic E-state index is 0.336. The van der Waals surface area contributed by atoms with Crippen molar-refractivity contribution in [2.24, 2.45) is 11.6 Å². The zero-order valence-electron chi connectivity index (χ0n) is 8.27. The number of nitrogens with two attached hydrogens (primary N) is 2. The predicted molar refractivity (Wildman–Crippen MR) is 61.1 cm³/mol. The van der Waals surface area contributed by atoms with E-state index >= 15 is 0 Å². The summed E-state index contributed by atoms with van der Waals surface area (Å²) in [6, 6.07) is 5.28. The third kappa shape index (κ3) is 3.86. The van der Waals surface area contributed by atoms with Gasteiger partial charge >= 0.3 is 0 Å². The van der Waals surface area contributed by atoms with Crippen LogP contribution < -0.4 is 17.0 Å². The Morgan fingerprint density at radius 2 is 2.33 bits per heavy atom. The maximum atomic E-state index is 11.2. The Morgan fingerprint density at radius 1 is 1.53 bits per heavy atom. The standard InChI is InChI=1S/C9H14N4OS/c10-4-5-15-6-7-2-1-3-8(12-7)9(14)13-11/h1-3H,4-6,10-11H2,(H,13,14). The molecular weight excluding hydrogens is 212 g/mol. The van der Waals surface area contributed by atoms with Crippen LogP contribution in [-0.4, -0.2) is 23.2 Å². The summed E-state index contributed by atoms with van der Waals surface area (Å²) in [6.07, 6.45) is 0. The number of thioether (sulfide) groups is 1. The van der Waals surface area contributed by atoms with Crippen molar-refractivity contribution in [1.82, 2.24) is 10.4 Å². The first-order chi connectivity index (χ1) is 7.27. The third-order valence-corrected chi connectivity index (χ3v) is 2.71. The van der Waals surface area contributed by atoms with Gasteiger partial charge in [0.05, 0.1) is 5.69 Å². The molecule has 0 bridgehead atoms. The molecule has 1 heterocycles. The Bertz CT molecular complexity index is 332. The minimum atomic E-state index is -0.374. The lowest BCUT2D eigenvalue weighted by Crippen LogP contribution is -2.30. The van der Waals surface area contributed by atoms with Gasteiger partial charge in [0.2, 0.25) is 0 Å². The van der Waals surface area contributed by atoms with Crippen molar-refractivity contribution in [1.29, 1.82) is 0 Å². The van der Waals surface area contributed by atoms with Gasteiger partial charge in [0.15, 0.2) is 0 Å². The molecule has 5 N–H and O–H groups in total. The molecule has 0 radical (unpaired) electrons. The van der Waals surface area contributed by atoms with Crippen molar-refractivity contribution in [3.63, 3.8) is 0 Å². The van der Waals surface area contributed by atoms with Gasteiger partial charge in [0.1, 0.15) is 5.69 Å². The highest BCUT2D eigenvalue weighted by Crippen LogP contribution is 2.09.